The second-order valence-electron chi connectivity index (χ2n) is 11.5. The molecule has 213 valence electrons. The Morgan fingerprint density at radius 3 is 2.68 bits per heavy atom. The van der Waals surface area contributed by atoms with E-state index in [1.54, 1.807) is 11.3 Å². The largest absolute Gasteiger partial charge is 0.493 e. The lowest BCUT2D eigenvalue weighted by atomic mass is 9.92. The molecule has 0 spiro atoms. The number of amides is 1. The molecule has 2 aromatic carbocycles. The van der Waals surface area contributed by atoms with E-state index in [0.29, 0.717) is 17.4 Å². The predicted octanol–water partition coefficient (Wildman–Crippen LogP) is 6.15. The maximum Gasteiger partial charge on any atom is 0.252 e. The summed E-state index contributed by atoms with van der Waals surface area (Å²) in [6.45, 7) is 9.82. The molecular weight excluding hydrogens is 545 g/mol. The fraction of sp³-hybridized carbons (Fsp3) is 0.394. The van der Waals surface area contributed by atoms with E-state index < -0.39 is 5.54 Å². The van der Waals surface area contributed by atoms with Crippen molar-refractivity contribution in [2.45, 2.75) is 57.0 Å². The van der Waals surface area contributed by atoms with Crippen molar-refractivity contribution in [2.75, 3.05) is 27.7 Å². The second kappa shape index (κ2) is 12.1. The Hall–Kier alpha value is -3.04. The fourth-order valence-electron chi connectivity index (χ4n) is 5.51. The fourth-order valence-corrected chi connectivity index (χ4v) is 7.18. The van der Waals surface area contributed by atoms with Crippen LogP contribution in [-0.4, -0.2) is 72.1 Å². The summed E-state index contributed by atoms with van der Waals surface area (Å²) in [5.41, 5.74) is 4.98. The quantitative estimate of drug-likeness (QED) is 0.217. The Labute approximate surface area is 251 Å². The number of ether oxygens (including phenoxy) is 1. The number of carbonyl (C=O) groups excluding carboxylic acids is 1. The summed E-state index contributed by atoms with van der Waals surface area (Å²) in [4.78, 5) is 25.2. The number of aryl methyl sites for hydroxylation is 1. The van der Waals surface area contributed by atoms with Gasteiger partial charge in [-0.1, -0.05) is 18.2 Å². The van der Waals surface area contributed by atoms with Crippen LogP contribution in [-0.2, 0) is 12.1 Å². The van der Waals surface area contributed by atoms with Crippen molar-refractivity contribution in [1.82, 2.24) is 15.1 Å². The summed E-state index contributed by atoms with van der Waals surface area (Å²) in [5.74, 6) is 0.595. The van der Waals surface area contributed by atoms with Gasteiger partial charge in [0.15, 0.2) is 0 Å². The number of thiophene rings is 1. The van der Waals surface area contributed by atoms with Crippen LogP contribution < -0.4 is 10.1 Å². The molecule has 5 rings (SSSR count). The number of allylic oxidation sites excluding steroid dienone is 1. The Kier molecular flexibility index (Phi) is 8.66. The van der Waals surface area contributed by atoms with Crippen molar-refractivity contribution in [2.24, 2.45) is 4.99 Å². The van der Waals surface area contributed by atoms with Crippen molar-refractivity contribution in [1.29, 1.82) is 0 Å². The normalized spacial score (nSPS) is 18.8. The lowest BCUT2D eigenvalue weighted by Gasteiger charge is -2.41. The number of benzene rings is 2. The van der Waals surface area contributed by atoms with Gasteiger partial charge in [-0.2, -0.15) is 0 Å². The molecular formula is C33H39N4O2SSi. The molecule has 2 fully saturated rings. The molecule has 2 aliphatic rings. The molecule has 1 saturated carbocycles. The SMILES string of the molecule is C=Nc1cc(-c2ccc(CN(C)C)s2)cc(C2(NC(=O)c3cc(OC([Si])[C@@H]4CCN4C)ccc3C)CC2)c1/C=C\C. The third-order valence-electron chi connectivity index (χ3n) is 8.11. The second-order valence-corrected chi connectivity index (χ2v) is 13.2. The Morgan fingerprint density at radius 2 is 2.07 bits per heavy atom. The molecule has 2 heterocycles. The first-order valence-electron chi connectivity index (χ1n) is 14.2. The predicted molar refractivity (Wildman–Crippen MR) is 172 cm³/mol. The van der Waals surface area contributed by atoms with Gasteiger partial charge in [0.25, 0.3) is 5.91 Å². The van der Waals surface area contributed by atoms with Crippen LogP contribution in [0.4, 0.5) is 5.69 Å². The topological polar surface area (TPSA) is 57.2 Å². The van der Waals surface area contributed by atoms with Crippen molar-refractivity contribution < 1.29 is 9.53 Å². The molecule has 1 amide bonds. The molecule has 0 bridgehead atoms. The highest BCUT2D eigenvalue weighted by atomic mass is 32.1. The molecule has 1 unspecified atom stereocenters. The smallest absolute Gasteiger partial charge is 0.252 e. The van der Waals surface area contributed by atoms with Gasteiger partial charge in [-0.25, -0.2) is 0 Å². The summed E-state index contributed by atoms with van der Waals surface area (Å²) in [6.07, 6.45) is 6.92. The van der Waals surface area contributed by atoms with Gasteiger partial charge in [-0.05, 0) is 121 Å². The molecule has 3 radical (unpaired) electrons. The van der Waals surface area contributed by atoms with E-state index in [2.05, 4.69) is 88.6 Å². The number of nitrogens with one attached hydrogen (secondary N) is 1. The molecule has 41 heavy (non-hydrogen) atoms. The molecule has 3 aromatic rings. The summed E-state index contributed by atoms with van der Waals surface area (Å²) >= 11 is 1.79. The molecule has 2 atom stereocenters. The Morgan fingerprint density at radius 1 is 1.29 bits per heavy atom. The van der Waals surface area contributed by atoms with Crippen molar-refractivity contribution >= 4 is 46.0 Å². The Bertz CT molecular complexity index is 1480. The van der Waals surface area contributed by atoms with E-state index >= 15 is 0 Å². The molecule has 1 saturated heterocycles. The van der Waals surface area contributed by atoms with Crippen LogP contribution >= 0.6 is 11.3 Å². The van der Waals surface area contributed by atoms with Crippen LogP contribution in [0.2, 0.25) is 0 Å². The first kappa shape index (κ1) is 29.4. The van der Waals surface area contributed by atoms with Gasteiger partial charge in [0.2, 0.25) is 0 Å². The highest BCUT2D eigenvalue weighted by Gasteiger charge is 2.47. The lowest BCUT2D eigenvalue weighted by Crippen LogP contribution is -2.53. The average Bonchev–Trinajstić information content (AvgIpc) is 3.56. The summed E-state index contributed by atoms with van der Waals surface area (Å²) in [5, 5.41) is 3.42. The lowest BCUT2D eigenvalue weighted by molar-refractivity contribution is 0.0562. The van der Waals surface area contributed by atoms with Crippen molar-refractivity contribution in [3.63, 3.8) is 0 Å². The molecule has 8 heteroatoms. The van der Waals surface area contributed by atoms with E-state index in [1.807, 2.05) is 38.1 Å². The van der Waals surface area contributed by atoms with Crippen LogP contribution in [0.1, 0.15) is 58.1 Å². The van der Waals surface area contributed by atoms with E-state index in [1.165, 1.54) is 9.75 Å². The minimum atomic E-state index is -0.458. The highest BCUT2D eigenvalue weighted by molar-refractivity contribution is 7.15. The third-order valence-corrected chi connectivity index (χ3v) is 9.73. The number of likely N-dealkylation sites (tertiary alicyclic amines) is 1. The zero-order chi connectivity index (χ0) is 29.3. The monoisotopic (exact) mass is 583 g/mol. The van der Waals surface area contributed by atoms with E-state index in [0.717, 1.165) is 60.3 Å². The summed E-state index contributed by atoms with van der Waals surface area (Å²) in [6, 6.07) is 14.8. The first-order valence-corrected chi connectivity index (χ1v) is 15.6. The van der Waals surface area contributed by atoms with Crippen LogP contribution in [0.15, 0.2) is 53.5 Å². The zero-order valence-corrected chi connectivity index (χ0v) is 26.5. The van der Waals surface area contributed by atoms with E-state index in [9.17, 15) is 4.79 Å². The molecule has 1 N–H and O–H groups in total. The first-order chi connectivity index (χ1) is 19.6. The van der Waals surface area contributed by atoms with Gasteiger partial charge < -0.3 is 19.9 Å². The minimum absolute atomic E-state index is 0.0916. The molecule has 6 nitrogen and oxygen atoms in total. The van der Waals surface area contributed by atoms with E-state index in [-0.39, 0.29) is 11.6 Å². The van der Waals surface area contributed by atoms with Crippen LogP contribution in [0.3, 0.4) is 0 Å². The summed E-state index contributed by atoms with van der Waals surface area (Å²) in [7, 11) is 10.0. The number of hydrogen-bond donors (Lipinski definition) is 1. The van der Waals surface area contributed by atoms with Crippen molar-refractivity contribution in [3.8, 4) is 16.2 Å². The number of hydrogen-bond acceptors (Lipinski definition) is 6. The number of rotatable bonds is 11. The van der Waals surface area contributed by atoms with Crippen LogP contribution in [0, 0.1) is 6.92 Å². The van der Waals surface area contributed by atoms with Gasteiger partial charge in [0.1, 0.15) is 5.75 Å². The Balaban J connectivity index is 1.45. The standard InChI is InChI=1S/C33H39N4O2SSi/c1-7-8-25-27(17-22(18-28(25)34-3)30-12-11-24(40-30)20-36(4)5)33(14-15-33)35-31(38)26-19-23(10-9-21(26)2)39-32(41)29-13-16-37(29)6/h7-12,17-19,29,32H,3,13-16,20H2,1-2,4-6H3,(H,35,38)/b8-7-/t29-,32?/m0/s1. The van der Waals surface area contributed by atoms with Gasteiger partial charge in [-0.15, -0.1) is 11.3 Å². The van der Waals surface area contributed by atoms with Gasteiger partial charge in [0, 0.05) is 33.5 Å². The minimum Gasteiger partial charge on any atom is -0.493 e. The molecule has 1 aliphatic carbocycles. The van der Waals surface area contributed by atoms with Crippen LogP contribution in [0.25, 0.3) is 16.5 Å². The maximum absolute atomic E-state index is 13.8. The highest BCUT2D eigenvalue weighted by Crippen LogP contribution is 2.50. The molecule has 1 aliphatic heterocycles. The van der Waals surface area contributed by atoms with E-state index in [4.69, 9.17) is 4.74 Å². The average molecular weight is 584 g/mol. The van der Waals surface area contributed by atoms with Gasteiger partial charge in [-0.3, -0.25) is 9.79 Å². The summed E-state index contributed by atoms with van der Waals surface area (Å²) < 4.78 is 6.20. The maximum atomic E-state index is 13.8. The van der Waals surface area contributed by atoms with Gasteiger partial charge >= 0.3 is 0 Å². The number of likely N-dealkylation sites (N-methyl/N-ethyl adjacent to an activating group) is 1. The van der Waals surface area contributed by atoms with Gasteiger partial charge in [0.05, 0.1) is 27.2 Å². The zero-order valence-electron chi connectivity index (χ0n) is 24.7. The van der Waals surface area contributed by atoms with Crippen molar-refractivity contribution in [3.05, 3.63) is 75.7 Å². The molecule has 1 aromatic heterocycles. The van der Waals surface area contributed by atoms with Crippen LogP contribution in [0.5, 0.6) is 5.75 Å². The number of carbonyl (C=O) groups is 1. The third kappa shape index (κ3) is 6.26. The number of aliphatic imine (C=N–C) groups is 1. The number of nitrogens with zero attached hydrogens (tertiary/aromatic N) is 3.